The minimum absolute atomic E-state index is 0.143. The van der Waals surface area contributed by atoms with Crippen molar-refractivity contribution in [1.82, 2.24) is 4.98 Å². The van der Waals surface area contributed by atoms with Crippen LogP contribution in [0.25, 0.3) is 0 Å². The SMILES string of the molecule is N#Cc1cccnc1N1CCCC(CC(=O)O)C1. The van der Waals surface area contributed by atoms with Crippen LogP contribution in [0.15, 0.2) is 18.3 Å². The fourth-order valence-corrected chi connectivity index (χ4v) is 2.41. The zero-order valence-corrected chi connectivity index (χ0v) is 10.0. The van der Waals surface area contributed by atoms with E-state index in [1.54, 1.807) is 18.3 Å². The van der Waals surface area contributed by atoms with Crippen molar-refractivity contribution in [2.75, 3.05) is 18.0 Å². The molecule has 0 radical (unpaired) electrons. The predicted molar refractivity (Wildman–Crippen MR) is 66.1 cm³/mol. The third kappa shape index (κ3) is 2.77. The highest BCUT2D eigenvalue weighted by Gasteiger charge is 2.24. The lowest BCUT2D eigenvalue weighted by atomic mass is 9.94. The van der Waals surface area contributed by atoms with Gasteiger partial charge in [0.05, 0.1) is 5.56 Å². The summed E-state index contributed by atoms with van der Waals surface area (Å²) in [6, 6.07) is 5.60. The van der Waals surface area contributed by atoms with Gasteiger partial charge >= 0.3 is 5.97 Å². The maximum Gasteiger partial charge on any atom is 0.303 e. The highest BCUT2D eigenvalue weighted by atomic mass is 16.4. The van der Waals surface area contributed by atoms with Gasteiger partial charge in [-0.15, -0.1) is 0 Å². The first kappa shape index (κ1) is 12.4. The van der Waals surface area contributed by atoms with E-state index in [1.807, 2.05) is 4.90 Å². The molecular formula is C13H15N3O2. The third-order valence-corrected chi connectivity index (χ3v) is 3.19. The first-order chi connectivity index (χ1) is 8.70. The maximum absolute atomic E-state index is 10.7. The number of carboxylic acids is 1. The van der Waals surface area contributed by atoms with Gasteiger partial charge in [-0.25, -0.2) is 4.98 Å². The summed E-state index contributed by atoms with van der Waals surface area (Å²) < 4.78 is 0. The number of carbonyl (C=O) groups is 1. The largest absolute Gasteiger partial charge is 0.481 e. The summed E-state index contributed by atoms with van der Waals surface area (Å²) in [5, 5.41) is 17.9. The average Bonchev–Trinajstić information content (AvgIpc) is 2.38. The monoisotopic (exact) mass is 245 g/mol. The van der Waals surface area contributed by atoms with E-state index < -0.39 is 5.97 Å². The number of pyridine rings is 1. The second kappa shape index (κ2) is 5.50. The molecule has 2 rings (SSSR count). The molecule has 1 atom stereocenters. The highest BCUT2D eigenvalue weighted by molar-refractivity contribution is 5.67. The summed E-state index contributed by atoms with van der Waals surface area (Å²) in [6.07, 6.45) is 3.72. The van der Waals surface area contributed by atoms with Gasteiger partial charge in [0.1, 0.15) is 11.9 Å². The Bertz CT molecular complexity index is 481. The van der Waals surface area contributed by atoms with Gasteiger partial charge < -0.3 is 10.0 Å². The van der Waals surface area contributed by atoms with Gasteiger partial charge in [-0.1, -0.05) is 0 Å². The van der Waals surface area contributed by atoms with Gasteiger partial charge in [-0.05, 0) is 30.9 Å². The van der Waals surface area contributed by atoms with Crippen molar-refractivity contribution in [3.8, 4) is 6.07 Å². The number of nitriles is 1. The molecule has 2 heterocycles. The minimum Gasteiger partial charge on any atom is -0.481 e. The van der Waals surface area contributed by atoms with Crippen LogP contribution in [0.1, 0.15) is 24.8 Å². The van der Waals surface area contributed by atoms with Crippen LogP contribution in [0.2, 0.25) is 0 Å². The molecule has 1 saturated heterocycles. The molecule has 1 aliphatic heterocycles. The van der Waals surface area contributed by atoms with Crippen molar-refractivity contribution in [3.05, 3.63) is 23.9 Å². The molecule has 1 aromatic rings. The molecule has 1 aromatic heterocycles. The zero-order valence-electron chi connectivity index (χ0n) is 10.0. The summed E-state index contributed by atoms with van der Waals surface area (Å²) in [6.45, 7) is 1.50. The van der Waals surface area contributed by atoms with Crippen molar-refractivity contribution in [2.45, 2.75) is 19.3 Å². The Morgan fingerprint density at radius 3 is 3.22 bits per heavy atom. The summed E-state index contributed by atoms with van der Waals surface area (Å²) >= 11 is 0. The summed E-state index contributed by atoms with van der Waals surface area (Å²) in [5.74, 6) is 0.0586. The lowest BCUT2D eigenvalue weighted by molar-refractivity contribution is -0.138. The normalized spacial score (nSPS) is 19.3. The van der Waals surface area contributed by atoms with E-state index in [1.165, 1.54) is 0 Å². The summed E-state index contributed by atoms with van der Waals surface area (Å²) in [7, 11) is 0. The van der Waals surface area contributed by atoms with Crippen LogP contribution in [0.4, 0.5) is 5.82 Å². The topological polar surface area (TPSA) is 77.2 Å². The highest BCUT2D eigenvalue weighted by Crippen LogP contribution is 2.25. The number of carboxylic acid groups (broad SMARTS) is 1. The van der Waals surface area contributed by atoms with Crippen molar-refractivity contribution >= 4 is 11.8 Å². The van der Waals surface area contributed by atoms with Crippen LogP contribution >= 0.6 is 0 Å². The van der Waals surface area contributed by atoms with Gasteiger partial charge in [0.25, 0.3) is 0 Å². The molecule has 5 heteroatoms. The summed E-state index contributed by atoms with van der Waals surface area (Å²) in [4.78, 5) is 17.0. The molecule has 0 amide bonds. The standard InChI is InChI=1S/C13H15N3O2/c14-8-11-4-1-5-15-13(11)16-6-2-3-10(9-16)7-12(17)18/h1,4-5,10H,2-3,6-7,9H2,(H,17,18). The van der Waals surface area contributed by atoms with E-state index in [0.29, 0.717) is 17.9 Å². The molecule has 5 nitrogen and oxygen atoms in total. The van der Waals surface area contributed by atoms with Crippen LogP contribution in [0, 0.1) is 17.2 Å². The van der Waals surface area contributed by atoms with E-state index in [2.05, 4.69) is 11.1 Å². The molecule has 94 valence electrons. The minimum atomic E-state index is -0.761. The van der Waals surface area contributed by atoms with Crippen LogP contribution in [0.5, 0.6) is 0 Å². The number of aromatic nitrogens is 1. The molecule has 1 unspecified atom stereocenters. The number of hydrogen-bond acceptors (Lipinski definition) is 4. The number of rotatable bonds is 3. The molecule has 0 bridgehead atoms. The lowest BCUT2D eigenvalue weighted by Crippen LogP contribution is -2.37. The van der Waals surface area contributed by atoms with Gasteiger partial charge in [0.2, 0.25) is 0 Å². The quantitative estimate of drug-likeness (QED) is 0.876. The van der Waals surface area contributed by atoms with Gasteiger partial charge in [0.15, 0.2) is 0 Å². The number of piperidine rings is 1. The number of anilines is 1. The molecule has 0 aliphatic carbocycles. The first-order valence-electron chi connectivity index (χ1n) is 6.02. The number of hydrogen-bond donors (Lipinski definition) is 1. The van der Waals surface area contributed by atoms with Crippen LogP contribution in [-0.2, 0) is 4.79 Å². The van der Waals surface area contributed by atoms with Crippen LogP contribution in [-0.4, -0.2) is 29.1 Å². The molecule has 18 heavy (non-hydrogen) atoms. The van der Waals surface area contributed by atoms with Crippen molar-refractivity contribution < 1.29 is 9.90 Å². The Labute approximate surface area is 106 Å². The Morgan fingerprint density at radius 1 is 1.67 bits per heavy atom. The van der Waals surface area contributed by atoms with E-state index >= 15 is 0 Å². The molecule has 1 aliphatic rings. The zero-order chi connectivity index (χ0) is 13.0. The van der Waals surface area contributed by atoms with Crippen LogP contribution < -0.4 is 4.90 Å². The second-order valence-corrected chi connectivity index (χ2v) is 4.54. The van der Waals surface area contributed by atoms with Crippen molar-refractivity contribution in [2.24, 2.45) is 5.92 Å². The first-order valence-corrected chi connectivity index (χ1v) is 6.02. The van der Waals surface area contributed by atoms with E-state index in [9.17, 15) is 4.79 Å². The second-order valence-electron chi connectivity index (χ2n) is 4.54. The van der Waals surface area contributed by atoms with E-state index in [-0.39, 0.29) is 12.3 Å². The molecule has 1 fully saturated rings. The smallest absolute Gasteiger partial charge is 0.303 e. The maximum atomic E-state index is 10.7. The predicted octanol–water partition coefficient (Wildman–Crippen LogP) is 1.64. The Morgan fingerprint density at radius 2 is 2.50 bits per heavy atom. The van der Waals surface area contributed by atoms with Crippen molar-refractivity contribution in [3.63, 3.8) is 0 Å². The fourth-order valence-electron chi connectivity index (χ4n) is 2.41. The third-order valence-electron chi connectivity index (χ3n) is 3.19. The van der Waals surface area contributed by atoms with Gasteiger partial charge in [-0.3, -0.25) is 4.79 Å². The summed E-state index contributed by atoms with van der Waals surface area (Å²) in [5.41, 5.74) is 0.550. The molecule has 0 spiro atoms. The van der Waals surface area contributed by atoms with Crippen LogP contribution in [0.3, 0.4) is 0 Å². The molecular weight excluding hydrogens is 230 g/mol. The molecule has 0 saturated carbocycles. The average molecular weight is 245 g/mol. The van der Waals surface area contributed by atoms with Gasteiger partial charge in [-0.2, -0.15) is 5.26 Å². The number of nitrogens with zero attached hydrogens (tertiary/aromatic N) is 3. The lowest BCUT2D eigenvalue weighted by Gasteiger charge is -2.33. The molecule has 1 N–H and O–H groups in total. The van der Waals surface area contributed by atoms with E-state index in [0.717, 1.165) is 19.4 Å². The van der Waals surface area contributed by atoms with E-state index in [4.69, 9.17) is 10.4 Å². The molecule has 0 aromatic carbocycles. The fraction of sp³-hybridized carbons (Fsp3) is 0.462. The Balaban J connectivity index is 2.13. The Hall–Kier alpha value is -2.09. The number of aliphatic carboxylic acids is 1. The Kier molecular flexibility index (Phi) is 3.78. The van der Waals surface area contributed by atoms with Crippen molar-refractivity contribution in [1.29, 1.82) is 5.26 Å². The van der Waals surface area contributed by atoms with Gasteiger partial charge in [0, 0.05) is 25.7 Å².